The number of carbonyl (C=O) groups is 1. The first-order valence-corrected chi connectivity index (χ1v) is 10.4. The molecule has 2 heterocycles. The number of halogens is 2. The summed E-state index contributed by atoms with van der Waals surface area (Å²) >= 11 is 0. The Morgan fingerprint density at radius 2 is 1.91 bits per heavy atom. The monoisotopic (exact) mass is 461 g/mol. The highest BCUT2D eigenvalue weighted by molar-refractivity contribution is 5.81. The molecule has 1 aliphatic heterocycles. The molecule has 0 bridgehead atoms. The third-order valence-corrected chi connectivity index (χ3v) is 6.15. The van der Waals surface area contributed by atoms with Gasteiger partial charge in [0.1, 0.15) is 0 Å². The Bertz CT molecular complexity index is 1160. The maximum absolute atomic E-state index is 14.2. The number of amides is 1. The molecule has 0 radical (unpaired) electrons. The van der Waals surface area contributed by atoms with Gasteiger partial charge in [-0.1, -0.05) is 6.07 Å². The fourth-order valence-corrected chi connectivity index (χ4v) is 4.39. The van der Waals surface area contributed by atoms with Crippen LogP contribution in [0.5, 0.6) is 5.75 Å². The first kappa shape index (κ1) is 22.9. The summed E-state index contributed by atoms with van der Waals surface area (Å²) in [6.45, 7) is 1.09. The maximum Gasteiger partial charge on any atom is 0.407 e. The molecule has 3 aromatic rings. The van der Waals surface area contributed by atoms with Crippen LogP contribution in [-0.4, -0.2) is 66.6 Å². The van der Waals surface area contributed by atoms with E-state index in [2.05, 4.69) is 5.10 Å². The highest BCUT2D eigenvalue weighted by Gasteiger charge is 2.38. The molecule has 10 heteroatoms. The van der Waals surface area contributed by atoms with Gasteiger partial charge in [-0.3, -0.25) is 0 Å². The highest BCUT2D eigenvalue weighted by Crippen LogP contribution is 2.38. The standard InChI is InChI=1S/C23H25F2N3O5/c1-31-13-23(5-7-27(8-6-23)22(29)30)16-3-4-19-15(9-16)12-26-28(19)17-10-18(24)21(25)20(11-17)33-14-32-2/h3-4,9-12H,5-8,13-14H2,1-2H3,(H,29,30). The maximum atomic E-state index is 14.2. The molecule has 0 aliphatic carbocycles. The van der Waals surface area contributed by atoms with Gasteiger partial charge in [-0.25, -0.2) is 13.9 Å². The van der Waals surface area contributed by atoms with Crippen molar-refractivity contribution < 1.29 is 32.9 Å². The number of carboxylic acid groups (broad SMARTS) is 1. The van der Waals surface area contributed by atoms with Gasteiger partial charge in [0.25, 0.3) is 0 Å². The van der Waals surface area contributed by atoms with E-state index in [9.17, 15) is 18.7 Å². The topological polar surface area (TPSA) is 86.1 Å². The number of likely N-dealkylation sites (tertiary alicyclic amines) is 1. The molecule has 8 nitrogen and oxygen atoms in total. The Kier molecular flexibility index (Phi) is 6.48. The van der Waals surface area contributed by atoms with Crippen molar-refractivity contribution in [3.05, 3.63) is 53.7 Å². The molecular weight excluding hydrogens is 436 g/mol. The van der Waals surface area contributed by atoms with Crippen LogP contribution in [0.15, 0.2) is 36.5 Å². The third kappa shape index (κ3) is 4.36. The van der Waals surface area contributed by atoms with Gasteiger partial charge in [-0.15, -0.1) is 0 Å². The van der Waals surface area contributed by atoms with Crippen LogP contribution in [0.2, 0.25) is 0 Å². The predicted molar refractivity (Wildman–Crippen MR) is 116 cm³/mol. The van der Waals surface area contributed by atoms with Crippen molar-refractivity contribution in [2.24, 2.45) is 0 Å². The van der Waals surface area contributed by atoms with Crippen molar-refractivity contribution in [1.29, 1.82) is 0 Å². The van der Waals surface area contributed by atoms with Crippen LogP contribution in [-0.2, 0) is 14.9 Å². The van der Waals surface area contributed by atoms with Gasteiger partial charge in [0, 0.05) is 50.2 Å². The van der Waals surface area contributed by atoms with Crippen LogP contribution in [0.3, 0.4) is 0 Å². The van der Waals surface area contributed by atoms with Crippen molar-refractivity contribution in [3.8, 4) is 11.4 Å². The summed E-state index contributed by atoms with van der Waals surface area (Å²) < 4.78 is 45.2. The fourth-order valence-electron chi connectivity index (χ4n) is 4.39. The van der Waals surface area contributed by atoms with E-state index in [1.807, 2.05) is 18.2 Å². The zero-order valence-electron chi connectivity index (χ0n) is 18.4. The molecule has 0 atom stereocenters. The van der Waals surface area contributed by atoms with Gasteiger partial charge in [0.2, 0.25) is 5.82 Å². The number of piperidine rings is 1. The number of nitrogens with zero attached hydrogens (tertiary/aromatic N) is 3. The van der Waals surface area contributed by atoms with Gasteiger partial charge in [-0.05, 0) is 30.5 Å². The molecule has 1 saturated heterocycles. The fraction of sp³-hybridized carbons (Fsp3) is 0.391. The van der Waals surface area contributed by atoms with E-state index in [4.69, 9.17) is 14.2 Å². The van der Waals surface area contributed by atoms with E-state index in [-0.39, 0.29) is 18.0 Å². The molecule has 0 unspecified atom stereocenters. The van der Waals surface area contributed by atoms with E-state index in [1.54, 1.807) is 13.3 Å². The van der Waals surface area contributed by atoms with Gasteiger partial charge in [0.15, 0.2) is 18.4 Å². The minimum absolute atomic E-state index is 0.218. The Labute approximate surface area is 189 Å². The van der Waals surface area contributed by atoms with Crippen LogP contribution in [0, 0.1) is 11.6 Å². The number of methoxy groups -OCH3 is 2. The zero-order valence-corrected chi connectivity index (χ0v) is 18.4. The molecule has 0 spiro atoms. The summed E-state index contributed by atoms with van der Waals surface area (Å²) in [5, 5.41) is 14.5. The van der Waals surface area contributed by atoms with Crippen molar-refractivity contribution in [2.45, 2.75) is 18.3 Å². The minimum atomic E-state index is -1.09. The van der Waals surface area contributed by atoms with E-state index in [0.29, 0.717) is 43.7 Å². The molecule has 1 fully saturated rings. The number of ether oxygens (including phenoxy) is 3. The molecule has 33 heavy (non-hydrogen) atoms. The largest absolute Gasteiger partial charge is 0.465 e. The number of hydrogen-bond donors (Lipinski definition) is 1. The van der Waals surface area contributed by atoms with E-state index >= 15 is 0 Å². The van der Waals surface area contributed by atoms with Crippen molar-refractivity contribution in [3.63, 3.8) is 0 Å². The van der Waals surface area contributed by atoms with E-state index in [0.717, 1.165) is 17.0 Å². The molecule has 1 aliphatic rings. The summed E-state index contributed by atoms with van der Waals surface area (Å²) in [5.74, 6) is -2.41. The smallest absolute Gasteiger partial charge is 0.407 e. The highest BCUT2D eigenvalue weighted by atomic mass is 19.2. The molecule has 2 aromatic carbocycles. The Hall–Kier alpha value is -3.24. The summed E-state index contributed by atoms with van der Waals surface area (Å²) in [7, 11) is 3.02. The third-order valence-electron chi connectivity index (χ3n) is 6.15. The van der Waals surface area contributed by atoms with Gasteiger partial charge in [-0.2, -0.15) is 9.49 Å². The van der Waals surface area contributed by atoms with Gasteiger partial charge in [0.05, 0.1) is 24.0 Å². The molecule has 176 valence electrons. The molecule has 1 N–H and O–H groups in total. The number of hydrogen-bond acceptors (Lipinski definition) is 5. The molecular formula is C23H25F2N3O5. The van der Waals surface area contributed by atoms with Crippen LogP contribution >= 0.6 is 0 Å². The molecule has 0 saturated carbocycles. The SMILES string of the molecule is COCOc1cc(-n2ncc3cc(C4(COC)CCN(C(=O)O)CC4)ccc32)cc(F)c1F. The molecule has 1 amide bonds. The van der Waals surface area contributed by atoms with Crippen molar-refractivity contribution in [1.82, 2.24) is 14.7 Å². The lowest BCUT2D eigenvalue weighted by Crippen LogP contribution is -2.46. The lowest BCUT2D eigenvalue weighted by Gasteiger charge is -2.41. The molecule has 1 aromatic heterocycles. The normalized spacial score (nSPS) is 15.7. The van der Waals surface area contributed by atoms with Crippen molar-refractivity contribution >= 4 is 17.0 Å². The van der Waals surface area contributed by atoms with Crippen molar-refractivity contribution in [2.75, 3.05) is 40.7 Å². The van der Waals surface area contributed by atoms with Crippen LogP contribution < -0.4 is 4.74 Å². The quantitative estimate of drug-likeness (QED) is 0.537. The predicted octanol–water partition coefficient (Wildman–Crippen LogP) is 3.94. The summed E-state index contributed by atoms with van der Waals surface area (Å²) in [5.41, 5.74) is 1.72. The molecule has 4 rings (SSSR count). The lowest BCUT2D eigenvalue weighted by molar-refractivity contribution is 0.0478. The second kappa shape index (κ2) is 9.32. The lowest BCUT2D eigenvalue weighted by atomic mass is 9.73. The number of aromatic nitrogens is 2. The Morgan fingerprint density at radius 1 is 1.15 bits per heavy atom. The van der Waals surface area contributed by atoms with E-state index in [1.165, 1.54) is 22.8 Å². The van der Waals surface area contributed by atoms with Crippen LogP contribution in [0.25, 0.3) is 16.6 Å². The second-order valence-corrected chi connectivity index (χ2v) is 8.10. The Balaban J connectivity index is 1.69. The first-order valence-electron chi connectivity index (χ1n) is 10.4. The average molecular weight is 461 g/mol. The summed E-state index contributed by atoms with van der Waals surface area (Å²) in [6, 6.07) is 8.25. The number of fused-ring (bicyclic) bond motifs is 1. The Morgan fingerprint density at radius 3 is 2.58 bits per heavy atom. The first-order chi connectivity index (χ1) is 15.9. The number of benzene rings is 2. The summed E-state index contributed by atoms with van der Waals surface area (Å²) in [4.78, 5) is 12.7. The van der Waals surface area contributed by atoms with Crippen LogP contribution in [0.4, 0.5) is 13.6 Å². The van der Waals surface area contributed by atoms with E-state index < -0.39 is 17.7 Å². The van der Waals surface area contributed by atoms with Gasteiger partial charge >= 0.3 is 6.09 Å². The zero-order chi connectivity index (χ0) is 23.6. The second-order valence-electron chi connectivity index (χ2n) is 8.10. The van der Waals surface area contributed by atoms with Crippen LogP contribution in [0.1, 0.15) is 18.4 Å². The minimum Gasteiger partial charge on any atom is -0.465 e. The summed E-state index contributed by atoms with van der Waals surface area (Å²) in [6.07, 6.45) is 2.01. The average Bonchev–Trinajstić information content (AvgIpc) is 3.24. The number of rotatable bonds is 7. The van der Waals surface area contributed by atoms with Gasteiger partial charge < -0.3 is 24.2 Å².